The molecule has 2 aromatic carbocycles. The minimum atomic E-state index is -0.0331. The van der Waals surface area contributed by atoms with Crippen molar-refractivity contribution in [3.05, 3.63) is 96.6 Å². The van der Waals surface area contributed by atoms with Gasteiger partial charge in [0.2, 0.25) is 0 Å². The average Bonchev–Trinajstić information content (AvgIpc) is 3.61. The molecule has 2 saturated heterocycles. The van der Waals surface area contributed by atoms with Crippen molar-refractivity contribution in [2.75, 3.05) is 13.2 Å². The van der Waals surface area contributed by atoms with Crippen LogP contribution in [0.2, 0.25) is 0 Å². The van der Waals surface area contributed by atoms with Crippen molar-refractivity contribution >= 4 is 28.1 Å². The van der Waals surface area contributed by atoms with E-state index in [0.717, 1.165) is 42.5 Å². The first-order valence-electron chi connectivity index (χ1n) is 11.5. The number of fused-ring (bicyclic) bond motifs is 1. The summed E-state index contributed by atoms with van der Waals surface area (Å²) in [7, 11) is 0. The molecule has 2 aromatic heterocycles. The summed E-state index contributed by atoms with van der Waals surface area (Å²) in [6.07, 6.45) is 6.38. The van der Waals surface area contributed by atoms with E-state index < -0.39 is 0 Å². The number of pyridine rings is 1. The molecule has 6 heteroatoms. The highest BCUT2D eigenvalue weighted by Gasteiger charge is 2.42. The third-order valence-electron chi connectivity index (χ3n) is 6.72. The van der Waals surface area contributed by atoms with E-state index in [1.54, 1.807) is 0 Å². The lowest BCUT2D eigenvalue weighted by molar-refractivity contribution is 0.0836. The lowest BCUT2D eigenvalue weighted by Crippen LogP contribution is -2.36. The summed E-state index contributed by atoms with van der Waals surface area (Å²) in [5.74, 6) is 0. The van der Waals surface area contributed by atoms with Gasteiger partial charge in [-0.25, -0.2) is 0 Å². The second-order valence-corrected chi connectivity index (χ2v) is 9.14. The summed E-state index contributed by atoms with van der Waals surface area (Å²) < 4.78 is 8.26. The van der Waals surface area contributed by atoms with Crippen LogP contribution in [0.3, 0.4) is 0 Å². The fraction of sp³-hybridized carbons (Fsp3) is 0.259. The minimum Gasteiger partial charge on any atom is -0.376 e. The molecule has 2 aliphatic rings. The molecular formula is C27H26N4OS. The van der Waals surface area contributed by atoms with Gasteiger partial charge < -0.3 is 19.5 Å². The zero-order valence-electron chi connectivity index (χ0n) is 18.3. The number of rotatable bonds is 5. The Morgan fingerprint density at radius 1 is 1.00 bits per heavy atom. The van der Waals surface area contributed by atoms with Gasteiger partial charge in [0, 0.05) is 36.9 Å². The van der Waals surface area contributed by atoms with E-state index in [-0.39, 0.29) is 18.2 Å². The largest absolute Gasteiger partial charge is 0.376 e. The molecule has 0 saturated carbocycles. The maximum Gasteiger partial charge on any atom is 0.170 e. The van der Waals surface area contributed by atoms with Gasteiger partial charge in [-0.15, -0.1) is 0 Å². The number of thiocarbonyl (C=S) groups is 1. The SMILES string of the molecule is S=C1NC(c2ccccn2)C(c2cccn2-c2ccc3ccccc3c2)N1CC1CCCO1. The smallest absolute Gasteiger partial charge is 0.170 e. The van der Waals surface area contributed by atoms with Crippen molar-refractivity contribution in [2.24, 2.45) is 0 Å². The first kappa shape index (κ1) is 20.4. The van der Waals surface area contributed by atoms with E-state index >= 15 is 0 Å². The highest BCUT2D eigenvalue weighted by Crippen LogP contribution is 2.40. The van der Waals surface area contributed by atoms with E-state index in [9.17, 15) is 0 Å². The van der Waals surface area contributed by atoms with Gasteiger partial charge >= 0.3 is 0 Å². The normalized spacial score (nSPS) is 22.7. The molecule has 0 radical (unpaired) electrons. The van der Waals surface area contributed by atoms with Gasteiger partial charge in [-0.3, -0.25) is 4.98 Å². The average molecular weight is 455 g/mol. The van der Waals surface area contributed by atoms with Gasteiger partial charge in [-0.1, -0.05) is 36.4 Å². The Morgan fingerprint density at radius 3 is 2.70 bits per heavy atom. The Balaban J connectivity index is 1.44. The van der Waals surface area contributed by atoms with E-state index in [1.807, 2.05) is 18.3 Å². The molecule has 4 aromatic rings. The van der Waals surface area contributed by atoms with Gasteiger partial charge in [0.1, 0.15) is 0 Å². The van der Waals surface area contributed by atoms with E-state index in [1.165, 1.54) is 16.5 Å². The molecule has 0 spiro atoms. The highest BCUT2D eigenvalue weighted by molar-refractivity contribution is 7.80. The number of nitrogens with one attached hydrogen (secondary N) is 1. The van der Waals surface area contributed by atoms with Crippen LogP contribution in [0.15, 0.2) is 85.2 Å². The second-order valence-electron chi connectivity index (χ2n) is 8.75. The molecule has 3 atom stereocenters. The number of benzene rings is 2. The molecule has 2 aliphatic heterocycles. The summed E-state index contributed by atoms with van der Waals surface area (Å²) >= 11 is 5.85. The van der Waals surface area contributed by atoms with Crippen LogP contribution in [0.4, 0.5) is 0 Å². The Labute approximate surface area is 199 Å². The minimum absolute atomic E-state index is 0.0121. The van der Waals surface area contributed by atoms with Crippen molar-refractivity contribution in [1.82, 2.24) is 19.8 Å². The number of aromatic nitrogens is 2. The Bertz CT molecular complexity index is 1280. The summed E-state index contributed by atoms with van der Waals surface area (Å²) in [4.78, 5) is 6.98. The predicted molar refractivity (Wildman–Crippen MR) is 134 cm³/mol. The van der Waals surface area contributed by atoms with E-state index in [4.69, 9.17) is 17.0 Å². The Kier molecular flexibility index (Phi) is 5.32. The fourth-order valence-electron chi connectivity index (χ4n) is 5.13. The Morgan fingerprint density at radius 2 is 1.88 bits per heavy atom. The standard InChI is InChI=1S/C27H26N4OS/c33-27-29-25(23-10-3-4-14-28-23)26(31(27)18-22-9-6-16-32-22)24-11-5-15-30(24)21-13-12-19-7-1-2-8-20(19)17-21/h1-5,7-8,10-15,17,22,25-26H,6,9,16,18H2,(H,29,33). The highest BCUT2D eigenvalue weighted by atomic mass is 32.1. The number of hydrogen-bond acceptors (Lipinski definition) is 3. The van der Waals surface area contributed by atoms with Crippen LogP contribution in [0, 0.1) is 0 Å². The zero-order chi connectivity index (χ0) is 22.2. The molecular weight excluding hydrogens is 428 g/mol. The van der Waals surface area contributed by atoms with Gasteiger partial charge in [0.15, 0.2) is 5.11 Å². The quantitative estimate of drug-likeness (QED) is 0.421. The summed E-state index contributed by atoms with van der Waals surface area (Å²) in [6.45, 7) is 1.61. The van der Waals surface area contributed by atoms with Crippen LogP contribution in [0.5, 0.6) is 0 Å². The summed E-state index contributed by atoms with van der Waals surface area (Å²) in [5, 5.41) is 6.80. The fourth-order valence-corrected chi connectivity index (χ4v) is 5.44. The molecule has 166 valence electrons. The maximum absolute atomic E-state index is 5.98. The van der Waals surface area contributed by atoms with Crippen LogP contribution < -0.4 is 5.32 Å². The predicted octanol–water partition coefficient (Wildman–Crippen LogP) is 5.18. The third-order valence-corrected chi connectivity index (χ3v) is 7.07. The van der Waals surface area contributed by atoms with Crippen LogP contribution >= 0.6 is 12.2 Å². The van der Waals surface area contributed by atoms with E-state index in [2.05, 4.69) is 86.6 Å². The van der Waals surface area contributed by atoms with Crippen molar-refractivity contribution in [3.8, 4) is 5.69 Å². The van der Waals surface area contributed by atoms with Gasteiger partial charge in [-0.2, -0.15) is 0 Å². The van der Waals surface area contributed by atoms with Gasteiger partial charge in [0.25, 0.3) is 0 Å². The third kappa shape index (κ3) is 3.79. The lowest BCUT2D eigenvalue weighted by atomic mass is 10.0. The topological polar surface area (TPSA) is 42.3 Å². The number of hydrogen-bond donors (Lipinski definition) is 1. The van der Waals surface area contributed by atoms with Crippen LogP contribution in [-0.4, -0.2) is 38.8 Å². The molecule has 5 nitrogen and oxygen atoms in total. The monoisotopic (exact) mass is 454 g/mol. The zero-order valence-corrected chi connectivity index (χ0v) is 19.1. The first-order valence-corrected chi connectivity index (χ1v) is 11.9. The van der Waals surface area contributed by atoms with Crippen LogP contribution in [-0.2, 0) is 4.74 Å². The number of nitrogens with zero attached hydrogens (tertiary/aromatic N) is 3. The van der Waals surface area contributed by atoms with Crippen LogP contribution in [0.25, 0.3) is 16.5 Å². The van der Waals surface area contributed by atoms with Crippen molar-refractivity contribution < 1.29 is 4.74 Å². The molecule has 1 N–H and O–H groups in total. The second kappa shape index (κ2) is 8.61. The molecule has 6 rings (SSSR count). The van der Waals surface area contributed by atoms with Crippen molar-refractivity contribution in [3.63, 3.8) is 0 Å². The van der Waals surface area contributed by atoms with Crippen molar-refractivity contribution in [2.45, 2.75) is 31.0 Å². The Hall–Kier alpha value is -3.22. The first-order chi connectivity index (χ1) is 16.3. The molecule has 33 heavy (non-hydrogen) atoms. The summed E-state index contributed by atoms with van der Waals surface area (Å²) in [5.41, 5.74) is 3.32. The molecule has 0 aliphatic carbocycles. The molecule has 2 fully saturated rings. The van der Waals surface area contributed by atoms with E-state index in [0.29, 0.717) is 0 Å². The number of ether oxygens (including phenoxy) is 1. The van der Waals surface area contributed by atoms with Crippen LogP contribution in [0.1, 0.15) is 36.3 Å². The van der Waals surface area contributed by atoms with Crippen molar-refractivity contribution in [1.29, 1.82) is 0 Å². The summed E-state index contributed by atoms with van der Waals surface area (Å²) in [6, 6.07) is 25.5. The molecule has 0 amide bonds. The molecule has 4 heterocycles. The van der Waals surface area contributed by atoms with Gasteiger partial charge in [0.05, 0.1) is 23.9 Å². The molecule has 0 bridgehead atoms. The molecule has 3 unspecified atom stereocenters. The van der Waals surface area contributed by atoms with Gasteiger partial charge in [-0.05, 0) is 72.2 Å². The maximum atomic E-state index is 5.98. The lowest BCUT2D eigenvalue weighted by Gasteiger charge is -2.30.